The third-order valence-electron chi connectivity index (χ3n) is 4.08. The van der Waals surface area contributed by atoms with Crippen LogP contribution in [0.3, 0.4) is 0 Å². The SMILES string of the molecule is CCCN1CCOC(C(NN)C2CCOCC2)C1. The van der Waals surface area contributed by atoms with Crippen LogP contribution in [0.4, 0.5) is 0 Å². The van der Waals surface area contributed by atoms with Crippen molar-refractivity contribution in [3.8, 4) is 0 Å². The number of rotatable bonds is 5. The molecular weight excluding hydrogens is 230 g/mol. The van der Waals surface area contributed by atoms with Crippen molar-refractivity contribution in [1.82, 2.24) is 10.3 Å². The molecule has 0 bridgehead atoms. The first-order valence-corrected chi connectivity index (χ1v) is 7.23. The van der Waals surface area contributed by atoms with E-state index in [0.717, 1.165) is 52.3 Å². The van der Waals surface area contributed by atoms with E-state index >= 15 is 0 Å². The molecule has 2 heterocycles. The molecule has 2 saturated heterocycles. The van der Waals surface area contributed by atoms with Crippen LogP contribution in [0, 0.1) is 5.92 Å². The Hall–Kier alpha value is -0.200. The second-order valence-corrected chi connectivity index (χ2v) is 5.35. The number of ether oxygens (including phenoxy) is 2. The van der Waals surface area contributed by atoms with E-state index in [1.54, 1.807) is 0 Å². The lowest BCUT2D eigenvalue weighted by molar-refractivity contribution is -0.0671. The highest BCUT2D eigenvalue weighted by molar-refractivity contribution is 4.87. The van der Waals surface area contributed by atoms with Crippen LogP contribution in [0.25, 0.3) is 0 Å². The summed E-state index contributed by atoms with van der Waals surface area (Å²) < 4.78 is 11.4. The average Bonchev–Trinajstić information content (AvgIpc) is 2.42. The zero-order valence-electron chi connectivity index (χ0n) is 11.4. The van der Waals surface area contributed by atoms with Crippen LogP contribution >= 0.6 is 0 Å². The molecule has 2 fully saturated rings. The number of nitrogens with two attached hydrogens (primary N) is 1. The summed E-state index contributed by atoms with van der Waals surface area (Å²) in [7, 11) is 0. The van der Waals surface area contributed by atoms with Crippen molar-refractivity contribution < 1.29 is 9.47 Å². The van der Waals surface area contributed by atoms with Crippen molar-refractivity contribution in [3.63, 3.8) is 0 Å². The van der Waals surface area contributed by atoms with E-state index in [1.165, 1.54) is 6.42 Å². The molecule has 2 aliphatic rings. The molecule has 0 spiro atoms. The minimum absolute atomic E-state index is 0.221. The number of hydrogen-bond acceptors (Lipinski definition) is 5. The number of nitrogens with one attached hydrogen (secondary N) is 1. The predicted molar refractivity (Wildman–Crippen MR) is 71.1 cm³/mol. The molecule has 106 valence electrons. The topological polar surface area (TPSA) is 59.8 Å². The standard InChI is InChI=1S/C13H27N3O2/c1-2-5-16-6-9-18-12(10-16)13(15-14)11-3-7-17-8-4-11/h11-13,15H,2-10,14H2,1H3. The molecule has 2 aliphatic heterocycles. The van der Waals surface area contributed by atoms with Gasteiger partial charge in [-0.3, -0.25) is 16.2 Å². The van der Waals surface area contributed by atoms with Crippen LogP contribution in [-0.2, 0) is 9.47 Å². The van der Waals surface area contributed by atoms with Crippen molar-refractivity contribution in [2.24, 2.45) is 11.8 Å². The van der Waals surface area contributed by atoms with Crippen molar-refractivity contribution in [3.05, 3.63) is 0 Å². The largest absolute Gasteiger partial charge is 0.381 e. The molecule has 0 radical (unpaired) electrons. The molecule has 3 N–H and O–H groups in total. The van der Waals surface area contributed by atoms with Gasteiger partial charge in [0.2, 0.25) is 0 Å². The first-order chi connectivity index (χ1) is 8.85. The third kappa shape index (κ3) is 3.65. The molecule has 0 amide bonds. The monoisotopic (exact) mass is 257 g/mol. The normalized spacial score (nSPS) is 29.3. The molecule has 0 saturated carbocycles. The molecule has 2 unspecified atom stereocenters. The summed E-state index contributed by atoms with van der Waals surface area (Å²) in [6.45, 7) is 7.97. The quantitative estimate of drug-likeness (QED) is 0.550. The molecule has 18 heavy (non-hydrogen) atoms. The van der Waals surface area contributed by atoms with Gasteiger partial charge in [0.05, 0.1) is 18.8 Å². The Balaban J connectivity index is 1.89. The van der Waals surface area contributed by atoms with E-state index in [1.807, 2.05) is 0 Å². The van der Waals surface area contributed by atoms with Crippen molar-refractivity contribution in [2.45, 2.75) is 38.3 Å². The fourth-order valence-electron chi connectivity index (χ4n) is 3.09. The van der Waals surface area contributed by atoms with Gasteiger partial charge in [0, 0.05) is 26.3 Å². The second kappa shape index (κ2) is 7.40. The van der Waals surface area contributed by atoms with Crippen molar-refractivity contribution in [1.29, 1.82) is 0 Å². The molecular formula is C13H27N3O2. The Bertz CT molecular complexity index is 232. The zero-order valence-corrected chi connectivity index (χ0v) is 11.4. The summed E-state index contributed by atoms with van der Waals surface area (Å²) in [5.74, 6) is 6.34. The van der Waals surface area contributed by atoms with Gasteiger partial charge in [-0.05, 0) is 31.7 Å². The van der Waals surface area contributed by atoms with Gasteiger partial charge in [-0.1, -0.05) is 6.92 Å². The molecule has 0 aromatic rings. The minimum Gasteiger partial charge on any atom is -0.381 e. The molecule has 0 aliphatic carbocycles. The van der Waals surface area contributed by atoms with Gasteiger partial charge in [0.1, 0.15) is 0 Å². The van der Waals surface area contributed by atoms with Crippen LogP contribution in [-0.4, -0.2) is 56.5 Å². The molecule has 5 heteroatoms. The summed E-state index contributed by atoms with van der Waals surface area (Å²) in [5.41, 5.74) is 3.00. The fourth-order valence-corrected chi connectivity index (χ4v) is 3.09. The molecule has 0 aromatic heterocycles. The molecule has 5 nitrogen and oxygen atoms in total. The number of hydrazine groups is 1. The van der Waals surface area contributed by atoms with E-state index in [9.17, 15) is 0 Å². The van der Waals surface area contributed by atoms with Gasteiger partial charge in [0.15, 0.2) is 0 Å². The average molecular weight is 257 g/mol. The first kappa shape index (κ1) is 14.2. The van der Waals surface area contributed by atoms with Crippen LogP contribution in [0.1, 0.15) is 26.2 Å². The Kier molecular flexibility index (Phi) is 5.85. The molecule has 0 aromatic carbocycles. The van der Waals surface area contributed by atoms with Crippen molar-refractivity contribution in [2.75, 3.05) is 39.5 Å². The Labute approximate surface area is 110 Å². The van der Waals surface area contributed by atoms with Gasteiger partial charge in [-0.2, -0.15) is 0 Å². The second-order valence-electron chi connectivity index (χ2n) is 5.35. The highest BCUT2D eigenvalue weighted by atomic mass is 16.5. The van der Waals surface area contributed by atoms with Crippen LogP contribution in [0.2, 0.25) is 0 Å². The molecule has 2 rings (SSSR count). The third-order valence-corrected chi connectivity index (χ3v) is 4.08. The minimum atomic E-state index is 0.221. The van der Waals surface area contributed by atoms with E-state index in [-0.39, 0.29) is 12.1 Å². The van der Waals surface area contributed by atoms with Crippen LogP contribution in [0.15, 0.2) is 0 Å². The van der Waals surface area contributed by atoms with Gasteiger partial charge in [0.25, 0.3) is 0 Å². The van der Waals surface area contributed by atoms with E-state index < -0.39 is 0 Å². The van der Waals surface area contributed by atoms with E-state index in [2.05, 4.69) is 17.2 Å². The summed E-state index contributed by atoms with van der Waals surface area (Å²) in [4.78, 5) is 2.48. The molecule has 2 atom stereocenters. The number of morpholine rings is 1. The van der Waals surface area contributed by atoms with Crippen LogP contribution in [0.5, 0.6) is 0 Å². The Morgan fingerprint density at radius 3 is 2.78 bits per heavy atom. The highest BCUT2D eigenvalue weighted by Crippen LogP contribution is 2.23. The predicted octanol–water partition coefficient (Wildman–Crippen LogP) is 0.356. The van der Waals surface area contributed by atoms with E-state index in [4.69, 9.17) is 15.3 Å². The smallest absolute Gasteiger partial charge is 0.0871 e. The summed E-state index contributed by atoms with van der Waals surface area (Å²) in [5, 5.41) is 0. The van der Waals surface area contributed by atoms with Gasteiger partial charge < -0.3 is 9.47 Å². The van der Waals surface area contributed by atoms with Gasteiger partial charge >= 0.3 is 0 Å². The fraction of sp³-hybridized carbons (Fsp3) is 1.00. The zero-order chi connectivity index (χ0) is 12.8. The number of hydrogen-bond donors (Lipinski definition) is 2. The van der Waals surface area contributed by atoms with Crippen molar-refractivity contribution >= 4 is 0 Å². The van der Waals surface area contributed by atoms with E-state index in [0.29, 0.717) is 5.92 Å². The lowest BCUT2D eigenvalue weighted by Crippen LogP contribution is -2.57. The Morgan fingerprint density at radius 2 is 2.11 bits per heavy atom. The first-order valence-electron chi connectivity index (χ1n) is 7.23. The Morgan fingerprint density at radius 1 is 1.33 bits per heavy atom. The summed E-state index contributed by atoms with van der Waals surface area (Å²) in [6.07, 6.45) is 3.59. The maximum absolute atomic E-state index is 5.94. The summed E-state index contributed by atoms with van der Waals surface area (Å²) in [6, 6.07) is 0.258. The maximum atomic E-state index is 5.94. The maximum Gasteiger partial charge on any atom is 0.0871 e. The number of nitrogens with zero attached hydrogens (tertiary/aromatic N) is 1. The summed E-state index contributed by atoms with van der Waals surface area (Å²) >= 11 is 0. The lowest BCUT2D eigenvalue weighted by atomic mass is 9.88. The van der Waals surface area contributed by atoms with Gasteiger partial charge in [-0.15, -0.1) is 0 Å². The highest BCUT2D eigenvalue weighted by Gasteiger charge is 2.33. The van der Waals surface area contributed by atoms with Crippen LogP contribution < -0.4 is 11.3 Å². The lowest BCUT2D eigenvalue weighted by Gasteiger charge is -2.40. The van der Waals surface area contributed by atoms with Gasteiger partial charge in [-0.25, -0.2) is 0 Å².